The first-order valence-electron chi connectivity index (χ1n) is 9.95. The number of anilines is 1. The Morgan fingerprint density at radius 3 is 2.81 bits per heavy atom. The number of hydrogen-bond donors (Lipinski definition) is 3. The maximum atomic E-state index is 12.4. The van der Waals surface area contributed by atoms with Crippen LogP contribution in [-0.2, 0) is 22.5 Å². The predicted molar refractivity (Wildman–Crippen MR) is 119 cm³/mol. The Balaban J connectivity index is 1.35. The number of aryl methyl sites for hydroxylation is 1. The van der Waals surface area contributed by atoms with Crippen molar-refractivity contribution in [1.82, 2.24) is 10.4 Å². The number of aromatic nitrogens is 1. The average Bonchev–Trinajstić information content (AvgIpc) is 3.49. The number of carbonyl (C=O) groups excluding carboxylic acids is 1. The smallest absolute Gasteiger partial charge is 0.248 e. The van der Waals surface area contributed by atoms with Crippen LogP contribution in [0.25, 0.3) is 17.4 Å². The minimum atomic E-state index is -0.231. The number of nitrogens with two attached hydrogens (primary N) is 1. The third kappa shape index (κ3) is 5.37. The van der Waals surface area contributed by atoms with Gasteiger partial charge >= 0.3 is 0 Å². The molecule has 3 aromatic rings. The lowest BCUT2D eigenvalue weighted by Gasteiger charge is -2.09. The van der Waals surface area contributed by atoms with Crippen molar-refractivity contribution < 1.29 is 13.9 Å². The standard InChI is InChI=1S/C23H23N5O3/c24-13-19-7-8-21(31-19)20-11-12-25-14-17(20)4-9-22(29)27-18-5-1-16(2-6-18)3-10-23-28-26-15-30-23/h1-2,4-9,11-12,14-15,23,28H,3,10,13,24H2,(H,27,29)/b9-4+. The van der Waals surface area contributed by atoms with Crippen LogP contribution in [0.1, 0.15) is 23.3 Å². The number of carbonyl (C=O) groups is 1. The summed E-state index contributed by atoms with van der Waals surface area (Å²) in [6.07, 6.45) is 9.55. The number of ether oxygens (including phenoxy) is 1. The fourth-order valence-electron chi connectivity index (χ4n) is 3.18. The van der Waals surface area contributed by atoms with Gasteiger partial charge in [-0.05, 0) is 48.4 Å². The van der Waals surface area contributed by atoms with Crippen molar-refractivity contribution in [3.8, 4) is 11.3 Å². The van der Waals surface area contributed by atoms with Crippen molar-refractivity contribution in [3.05, 3.63) is 77.8 Å². The van der Waals surface area contributed by atoms with Crippen LogP contribution in [0.4, 0.5) is 5.69 Å². The van der Waals surface area contributed by atoms with E-state index in [2.05, 4.69) is 20.8 Å². The highest BCUT2D eigenvalue weighted by molar-refractivity contribution is 6.02. The molecule has 0 saturated heterocycles. The summed E-state index contributed by atoms with van der Waals surface area (Å²) in [7, 11) is 0. The molecule has 4 N–H and O–H groups in total. The van der Waals surface area contributed by atoms with Crippen LogP contribution < -0.4 is 16.5 Å². The molecule has 158 valence electrons. The van der Waals surface area contributed by atoms with Crippen molar-refractivity contribution >= 4 is 24.1 Å². The van der Waals surface area contributed by atoms with Gasteiger partial charge in [-0.3, -0.25) is 15.2 Å². The van der Waals surface area contributed by atoms with E-state index < -0.39 is 0 Å². The van der Waals surface area contributed by atoms with Gasteiger partial charge in [-0.15, -0.1) is 5.10 Å². The molecule has 0 saturated carbocycles. The summed E-state index contributed by atoms with van der Waals surface area (Å²) in [6, 6.07) is 13.3. The minimum Gasteiger partial charge on any atom is -0.460 e. The van der Waals surface area contributed by atoms with Gasteiger partial charge in [0, 0.05) is 41.7 Å². The zero-order valence-electron chi connectivity index (χ0n) is 16.8. The molecule has 8 heteroatoms. The first kappa shape index (κ1) is 20.4. The Labute approximate surface area is 179 Å². The van der Waals surface area contributed by atoms with Gasteiger partial charge in [0.15, 0.2) is 12.6 Å². The van der Waals surface area contributed by atoms with Crippen LogP contribution in [0.2, 0.25) is 0 Å². The number of rotatable bonds is 8. The predicted octanol–water partition coefficient (Wildman–Crippen LogP) is 3.27. The minimum absolute atomic E-state index is 0.0787. The molecule has 1 atom stereocenters. The van der Waals surface area contributed by atoms with Crippen molar-refractivity contribution in [2.75, 3.05) is 5.32 Å². The Morgan fingerprint density at radius 2 is 2.06 bits per heavy atom. The molecule has 1 amide bonds. The van der Waals surface area contributed by atoms with E-state index >= 15 is 0 Å². The van der Waals surface area contributed by atoms with Gasteiger partial charge in [0.1, 0.15) is 11.5 Å². The van der Waals surface area contributed by atoms with Crippen LogP contribution in [0.3, 0.4) is 0 Å². The number of benzene rings is 1. The van der Waals surface area contributed by atoms with E-state index in [4.69, 9.17) is 14.9 Å². The largest absolute Gasteiger partial charge is 0.460 e. The van der Waals surface area contributed by atoms with Gasteiger partial charge in [-0.25, -0.2) is 0 Å². The maximum absolute atomic E-state index is 12.4. The summed E-state index contributed by atoms with van der Waals surface area (Å²) in [6.45, 7) is 0.330. The topological polar surface area (TPSA) is 115 Å². The van der Waals surface area contributed by atoms with E-state index in [9.17, 15) is 4.79 Å². The van der Waals surface area contributed by atoms with E-state index in [0.29, 0.717) is 18.1 Å². The van der Waals surface area contributed by atoms with Gasteiger partial charge in [0.05, 0.1) is 6.54 Å². The SMILES string of the molecule is NCc1ccc(-c2ccncc2/C=C/C(=O)Nc2ccc(CCC3NN=CO3)cc2)o1. The normalized spacial score (nSPS) is 15.1. The van der Waals surface area contributed by atoms with Crippen molar-refractivity contribution in [3.63, 3.8) is 0 Å². The Hall–Kier alpha value is -3.91. The highest BCUT2D eigenvalue weighted by atomic mass is 16.5. The highest BCUT2D eigenvalue weighted by Crippen LogP contribution is 2.26. The summed E-state index contributed by atoms with van der Waals surface area (Å²) < 4.78 is 11.0. The molecule has 1 unspecified atom stereocenters. The zero-order valence-corrected chi connectivity index (χ0v) is 16.8. The summed E-state index contributed by atoms with van der Waals surface area (Å²) in [5, 5.41) is 6.69. The first-order chi connectivity index (χ1) is 15.2. The maximum Gasteiger partial charge on any atom is 0.248 e. The number of nitrogens with zero attached hydrogens (tertiary/aromatic N) is 2. The highest BCUT2D eigenvalue weighted by Gasteiger charge is 2.11. The van der Waals surface area contributed by atoms with Gasteiger partial charge < -0.3 is 20.2 Å². The fourth-order valence-corrected chi connectivity index (χ4v) is 3.18. The lowest BCUT2D eigenvalue weighted by Crippen LogP contribution is -2.21. The second-order valence-corrected chi connectivity index (χ2v) is 6.98. The molecule has 31 heavy (non-hydrogen) atoms. The summed E-state index contributed by atoms with van der Waals surface area (Å²) in [5.41, 5.74) is 12.0. The number of nitrogens with one attached hydrogen (secondary N) is 2. The van der Waals surface area contributed by atoms with Crippen LogP contribution in [0.15, 0.2) is 70.5 Å². The number of hydrogen-bond acceptors (Lipinski definition) is 7. The van der Waals surface area contributed by atoms with E-state index in [1.165, 1.54) is 12.5 Å². The van der Waals surface area contributed by atoms with E-state index in [-0.39, 0.29) is 12.1 Å². The molecule has 8 nitrogen and oxygen atoms in total. The molecule has 0 radical (unpaired) electrons. The van der Waals surface area contributed by atoms with Gasteiger partial charge in [-0.1, -0.05) is 12.1 Å². The molecule has 0 fully saturated rings. The van der Waals surface area contributed by atoms with Crippen LogP contribution in [0, 0.1) is 0 Å². The molecule has 4 rings (SSSR count). The molecule has 3 heterocycles. The molecule has 0 aliphatic carbocycles. The molecule has 0 bridgehead atoms. The quantitative estimate of drug-likeness (QED) is 0.485. The molecule has 1 aliphatic rings. The third-order valence-electron chi connectivity index (χ3n) is 4.81. The number of furan rings is 1. The molecular formula is C23H23N5O3. The Bertz CT molecular complexity index is 1080. The van der Waals surface area contributed by atoms with E-state index in [0.717, 1.165) is 35.2 Å². The van der Waals surface area contributed by atoms with Crippen molar-refractivity contribution in [1.29, 1.82) is 0 Å². The monoisotopic (exact) mass is 417 g/mol. The Kier molecular flexibility index (Phi) is 6.39. The number of hydrazone groups is 1. The van der Waals surface area contributed by atoms with E-state index in [1.807, 2.05) is 42.5 Å². The molecule has 2 aromatic heterocycles. The summed E-state index contributed by atoms with van der Waals surface area (Å²) in [4.78, 5) is 16.5. The van der Waals surface area contributed by atoms with Crippen molar-refractivity contribution in [2.24, 2.45) is 10.8 Å². The summed E-state index contributed by atoms with van der Waals surface area (Å²) >= 11 is 0. The van der Waals surface area contributed by atoms with E-state index in [1.54, 1.807) is 18.5 Å². The summed E-state index contributed by atoms with van der Waals surface area (Å²) in [5.74, 6) is 1.15. The second-order valence-electron chi connectivity index (χ2n) is 6.98. The molecule has 1 aromatic carbocycles. The van der Waals surface area contributed by atoms with Gasteiger partial charge in [0.25, 0.3) is 0 Å². The molecule has 0 spiro atoms. The first-order valence-corrected chi connectivity index (χ1v) is 9.95. The lowest BCUT2D eigenvalue weighted by molar-refractivity contribution is -0.111. The second kappa shape index (κ2) is 9.73. The molecular weight excluding hydrogens is 394 g/mol. The Morgan fingerprint density at radius 1 is 1.19 bits per heavy atom. The van der Waals surface area contributed by atoms with Gasteiger partial charge in [-0.2, -0.15) is 0 Å². The van der Waals surface area contributed by atoms with Gasteiger partial charge in [0.2, 0.25) is 5.91 Å². The third-order valence-corrected chi connectivity index (χ3v) is 4.81. The van der Waals surface area contributed by atoms with Crippen LogP contribution >= 0.6 is 0 Å². The fraction of sp³-hybridized carbons (Fsp3) is 0.174. The van der Waals surface area contributed by atoms with Crippen molar-refractivity contribution in [2.45, 2.75) is 25.6 Å². The van der Waals surface area contributed by atoms with Crippen LogP contribution in [-0.4, -0.2) is 23.5 Å². The average molecular weight is 417 g/mol. The zero-order chi connectivity index (χ0) is 21.5. The van der Waals surface area contributed by atoms with Crippen LogP contribution in [0.5, 0.6) is 0 Å². The number of pyridine rings is 1. The number of amides is 1. The molecule has 1 aliphatic heterocycles. The lowest BCUT2D eigenvalue weighted by atomic mass is 10.1.